The van der Waals surface area contributed by atoms with Crippen molar-refractivity contribution in [2.75, 3.05) is 6.26 Å². The summed E-state index contributed by atoms with van der Waals surface area (Å²) in [6.07, 6.45) is 5.40. The highest BCUT2D eigenvalue weighted by Gasteiger charge is 2.02. The first-order valence-electron chi connectivity index (χ1n) is 7.88. The molecule has 0 fully saturated rings. The molecule has 0 N–H and O–H groups in total. The van der Waals surface area contributed by atoms with Crippen molar-refractivity contribution >= 4 is 23.6 Å². The Morgan fingerprint density at radius 3 is 1.96 bits per heavy atom. The minimum atomic E-state index is -0.243. The van der Waals surface area contributed by atoms with E-state index in [4.69, 9.17) is 0 Å². The van der Waals surface area contributed by atoms with Crippen LogP contribution in [0.15, 0.2) is 83.8 Å². The van der Waals surface area contributed by atoms with Crippen LogP contribution in [-0.2, 0) is 0 Å². The summed E-state index contributed by atoms with van der Waals surface area (Å²) in [7, 11) is 0. The Hall–Kier alpha value is -2.65. The first kappa shape index (κ1) is 17.2. The molecule has 0 saturated heterocycles. The average molecular weight is 348 g/mol. The molecule has 0 unspecified atom stereocenters. The van der Waals surface area contributed by atoms with Crippen molar-refractivity contribution in [3.05, 3.63) is 95.8 Å². The van der Waals surface area contributed by atoms with Crippen LogP contribution in [0.3, 0.4) is 0 Å². The normalized spacial score (nSPS) is 11.0. The fraction of sp³-hybridized carbons (Fsp3) is 0.0455. The number of thioether (sulfide) groups is 1. The molecule has 0 radical (unpaired) electrons. The third-order valence-electron chi connectivity index (χ3n) is 3.89. The van der Waals surface area contributed by atoms with Gasteiger partial charge in [-0.1, -0.05) is 42.5 Å². The molecular formula is C22H17FOS. The van der Waals surface area contributed by atoms with Crippen LogP contribution in [0.1, 0.15) is 15.9 Å². The third kappa shape index (κ3) is 4.46. The van der Waals surface area contributed by atoms with Crippen molar-refractivity contribution in [2.24, 2.45) is 0 Å². The number of hydrogen-bond acceptors (Lipinski definition) is 2. The minimum absolute atomic E-state index is 0.0183. The summed E-state index contributed by atoms with van der Waals surface area (Å²) in [5.74, 6) is -0.261. The molecule has 3 heteroatoms. The molecule has 0 aromatic heterocycles. The van der Waals surface area contributed by atoms with Gasteiger partial charge in [-0.3, -0.25) is 4.79 Å². The van der Waals surface area contributed by atoms with Gasteiger partial charge in [0, 0.05) is 10.5 Å². The Morgan fingerprint density at radius 1 is 0.840 bits per heavy atom. The number of benzene rings is 3. The lowest BCUT2D eigenvalue weighted by Crippen LogP contribution is -1.93. The number of allylic oxidation sites excluding steroid dienone is 1. The van der Waals surface area contributed by atoms with E-state index in [9.17, 15) is 9.18 Å². The van der Waals surface area contributed by atoms with Gasteiger partial charge in [-0.05, 0) is 65.4 Å². The van der Waals surface area contributed by atoms with Crippen molar-refractivity contribution in [2.45, 2.75) is 4.90 Å². The van der Waals surface area contributed by atoms with Gasteiger partial charge in [0.2, 0.25) is 0 Å². The van der Waals surface area contributed by atoms with E-state index >= 15 is 0 Å². The predicted molar refractivity (Wildman–Crippen MR) is 103 cm³/mol. The van der Waals surface area contributed by atoms with E-state index < -0.39 is 0 Å². The van der Waals surface area contributed by atoms with Crippen molar-refractivity contribution in [1.29, 1.82) is 0 Å². The van der Waals surface area contributed by atoms with Crippen LogP contribution in [0.4, 0.5) is 4.39 Å². The number of halogens is 1. The minimum Gasteiger partial charge on any atom is -0.289 e. The quantitative estimate of drug-likeness (QED) is 0.314. The summed E-state index contributed by atoms with van der Waals surface area (Å²) in [6.45, 7) is 0. The molecule has 3 aromatic carbocycles. The van der Waals surface area contributed by atoms with E-state index in [1.165, 1.54) is 12.1 Å². The second kappa shape index (κ2) is 7.95. The molecule has 3 aromatic rings. The van der Waals surface area contributed by atoms with E-state index in [-0.39, 0.29) is 11.6 Å². The maximum absolute atomic E-state index is 13.0. The zero-order valence-corrected chi connectivity index (χ0v) is 14.6. The summed E-state index contributed by atoms with van der Waals surface area (Å²) in [5.41, 5.74) is 3.59. The van der Waals surface area contributed by atoms with Crippen LogP contribution < -0.4 is 0 Å². The monoisotopic (exact) mass is 348 g/mol. The Labute approximate surface area is 151 Å². The number of rotatable bonds is 5. The maximum atomic E-state index is 13.0. The lowest BCUT2D eigenvalue weighted by Gasteiger charge is -2.02. The molecule has 0 spiro atoms. The zero-order valence-electron chi connectivity index (χ0n) is 13.8. The number of hydrogen-bond donors (Lipinski definition) is 0. The topological polar surface area (TPSA) is 17.1 Å². The Kier molecular flexibility index (Phi) is 5.46. The van der Waals surface area contributed by atoms with Crippen LogP contribution in [0.5, 0.6) is 0 Å². The van der Waals surface area contributed by atoms with Gasteiger partial charge < -0.3 is 0 Å². The fourth-order valence-corrected chi connectivity index (χ4v) is 2.86. The first-order chi connectivity index (χ1) is 12.2. The number of ketones is 1. The van der Waals surface area contributed by atoms with Gasteiger partial charge in [0.05, 0.1) is 0 Å². The first-order valence-corrected chi connectivity index (χ1v) is 9.11. The SMILES string of the molecule is CSc1ccc(C(=O)/C=C/c2ccc(-c3ccc(F)cc3)cc2)cc1. The summed E-state index contributed by atoms with van der Waals surface area (Å²) in [6, 6.07) is 21.8. The standard InChI is InChI=1S/C22H17FOS/c1-25-21-13-9-19(10-14-21)22(24)15-4-16-2-5-17(6-3-16)18-7-11-20(23)12-8-18/h2-15H,1H3/b15-4+. The molecule has 0 aliphatic carbocycles. The predicted octanol–water partition coefficient (Wildman–Crippen LogP) is 6.11. The highest BCUT2D eigenvalue weighted by atomic mass is 32.2. The number of carbonyl (C=O) groups is 1. The van der Waals surface area contributed by atoms with E-state index in [1.807, 2.05) is 54.8 Å². The van der Waals surface area contributed by atoms with E-state index in [2.05, 4.69) is 0 Å². The second-order valence-electron chi connectivity index (χ2n) is 5.55. The zero-order chi connectivity index (χ0) is 17.6. The lowest BCUT2D eigenvalue weighted by molar-refractivity contribution is 0.104. The Balaban J connectivity index is 1.70. The van der Waals surface area contributed by atoms with Crippen LogP contribution in [0, 0.1) is 5.82 Å². The summed E-state index contributed by atoms with van der Waals surface area (Å²) >= 11 is 1.65. The molecule has 0 heterocycles. The van der Waals surface area contributed by atoms with Gasteiger partial charge in [0.25, 0.3) is 0 Å². The summed E-state index contributed by atoms with van der Waals surface area (Å²) < 4.78 is 13.0. The van der Waals surface area contributed by atoms with Crippen LogP contribution in [-0.4, -0.2) is 12.0 Å². The second-order valence-corrected chi connectivity index (χ2v) is 6.43. The van der Waals surface area contributed by atoms with Crippen LogP contribution in [0.25, 0.3) is 17.2 Å². The van der Waals surface area contributed by atoms with Crippen LogP contribution >= 0.6 is 11.8 Å². The molecule has 0 bridgehead atoms. The molecule has 0 amide bonds. The largest absolute Gasteiger partial charge is 0.289 e. The third-order valence-corrected chi connectivity index (χ3v) is 4.63. The molecule has 0 atom stereocenters. The van der Waals surface area contributed by atoms with E-state index in [0.717, 1.165) is 21.6 Å². The molecule has 0 saturated carbocycles. The van der Waals surface area contributed by atoms with Crippen LogP contribution in [0.2, 0.25) is 0 Å². The van der Waals surface area contributed by atoms with Gasteiger partial charge in [-0.25, -0.2) is 4.39 Å². The van der Waals surface area contributed by atoms with Crippen molar-refractivity contribution in [1.82, 2.24) is 0 Å². The van der Waals surface area contributed by atoms with Gasteiger partial charge in [0.1, 0.15) is 5.82 Å². The average Bonchev–Trinajstić information content (AvgIpc) is 2.67. The molecule has 25 heavy (non-hydrogen) atoms. The van der Waals surface area contributed by atoms with Gasteiger partial charge in [-0.2, -0.15) is 0 Å². The maximum Gasteiger partial charge on any atom is 0.185 e. The van der Waals surface area contributed by atoms with E-state index in [1.54, 1.807) is 36.0 Å². The van der Waals surface area contributed by atoms with Crippen molar-refractivity contribution in [3.8, 4) is 11.1 Å². The Bertz CT molecular complexity index is 879. The fourth-order valence-electron chi connectivity index (χ4n) is 2.45. The molecule has 0 aliphatic rings. The summed E-state index contributed by atoms with van der Waals surface area (Å²) in [5, 5.41) is 0. The van der Waals surface area contributed by atoms with Crippen molar-refractivity contribution < 1.29 is 9.18 Å². The Morgan fingerprint density at radius 2 is 1.40 bits per heavy atom. The van der Waals surface area contributed by atoms with Gasteiger partial charge in [0.15, 0.2) is 5.78 Å². The molecule has 3 rings (SSSR count). The van der Waals surface area contributed by atoms with Gasteiger partial charge >= 0.3 is 0 Å². The molecule has 1 nitrogen and oxygen atoms in total. The highest BCUT2D eigenvalue weighted by Crippen LogP contribution is 2.21. The smallest absolute Gasteiger partial charge is 0.185 e. The summed E-state index contributed by atoms with van der Waals surface area (Å²) in [4.78, 5) is 13.3. The number of carbonyl (C=O) groups excluding carboxylic acids is 1. The molecular weight excluding hydrogens is 331 g/mol. The lowest BCUT2D eigenvalue weighted by atomic mass is 10.0. The van der Waals surface area contributed by atoms with Gasteiger partial charge in [-0.15, -0.1) is 11.8 Å². The van der Waals surface area contributed by atoms with E-state index in [0.29, 0.717) is 5.56 Å². The molecule has 124 valence electrons. The highest BCUT2D eigenvalue weighted by molar-refractivity contribution is 7.98. The molecule has 0 aliphatic heterocycles. The van der Waals surface area contributed by atoms with Crippen molar-refractivity contribution in [3.63, 3.8) is 0 Å².